The summed E-state index contributed by atoms with van der Waals surface area (Å²) in [5.41, 5.74) is -0.948. The van der Waals surface area contributed by atoms with E-state index in [9.17, 15) is 4.79 Å². The second-order valence-corrected chi connectivity index (χ2v) is 5.86. The van der Waals surface area contributed by atoms with Crippen LogP contribution in [-0.4, -0.2) is 11.6 Å². The van der Waals surface area contributed by atoms with Crippen molar-refractivity contribution in [1.29, 1.82) is 0 Å². The van der Waals surface area contributed by atoms with Crippen molar-refractivity contribution in [2.24, 2.45) is 5.41 Å². The van der Waals surface area contributed by atoms with Crippen molar-refractivity contribution in [3.63, 3.8) is 0 Å². The number of carbonyl (C=O) groups is 1. The van der Waals surface area contributed by atoms with Crippen molar-refractivity contribution in [1.82, 2.24) is 0 Å². The number of hydrogen-bond acceptors (Lipinski definition) is 2. The zero-order valence-corrected chi connectivity index (χ0v) is 13.4. The number of ether oxygens (including phenoxy) is 1. The van der Waals surface area contributed by atoms with Gasteiger partial charge in [0.2, 0.25) is 0 Å². The van der Waals surface area contributed by atoms with Gasteiger partial charge < -0.3 is 4.74 Å². The van der Waals surface area contributed by atoms with Gasteiger partial charge in [-0.1, -0.05) is 51.2 Å². The third-order valence-electron chi connectivity index (χ3n) is 3.08. The van der Waals surface area contributed by atoms with Crippen molar-refractivity contribution in [3.8, 4) is 11.8 Å². The summed E-state index contributed by atoms with van der Waals surface area (Å²) in [4.78, 5) is 11.4. The maximum absolute atomic E-state index is 11.4. The monoisotopic (exact) mass is 276 g/mol. The molecule has 0 radical (unpaired) electrons. The molecule has 0 rings (SSSR count). The van der Waals surface area contributed by atoms with Crippen LogP contribution in [-0.2, 0) is 9.53 Å². The number of carbonyl (C=O) groups excluding carboxylic acids is 1. The molecular weight excluding hydrogens is 248 g/mol. The van der Waals surface area contributed by atoms with E-state index in [1.54, 1.807) is 6.08 Å². The normalized spacial score (nSPS) is 13.6. The van der Waals surface area contributed by atoms with Crippen LogP contribution in [0.25, 0.3) is 0 Å². The lowest BCUT2D eigenvalue weighted by molar-refractivity contribution is -0.153. The number of esters is 1. The van der Waals surface area contributed by atoms with Crippen LogP contribution in [0.15, 0.2) is 25.3 Å². The van der Waals surface area contributed by atoms with Crippen molar-refractivity contribution in [2.75, 3.05) is 0 Å². The summed E-state index contributed by atoms with van der Waals surface area (Å²) in [5.74, 6) is 6.02. The maximum Gasteiger partial charge on any atom is 0.304 e. The molecule has 0 N–H and O–H groups in total. The van der Waals surface area contributed by atoms with E-state index in [-0.39, 0.29) is 11.4 Å². The first-order valence-corrected chi connectivity index (χ1v) is 7.25. The third kappa shape index (κ3) is 7.19. The highest BCUT2D eigenvalue weighted by Crippen LogP contribution is 2.34. The first-order valence-electron chi connectivity index (χ1n) is 7.25. The molecule has 0 aromatic carbocycles. The molecule has 0 amide bonds. The van der Waals surface area contributed by atoms with Crippen LogP contribution in [0.4, 0.5) is 0 Å². The molecular formula is C18H28O2. The molecule has 2 nitrogen and oxygen atoms in total. The summed E-state index contributed by atoms with van der Waals surface area (Å²) < 4.78 is 5.56. The molecule has 0 saturated carbocycles. The average Bonchev–Trinajstić information content (AvgIpc) is 2.34. The Labute approximate surface area is 124 Å². The highest BCUT2D eigenvalue weighted by Gasteiger charge is 2.35. The minimum absolute atomic E-state index is 0.155. The molecule has 0 fully saturated rings. The van der Waals surface area contributed by atoms with Crippen molar-refractivity contribution >= 4 is 5.97 Å². The second-order valence-electron chi connectivity index (χ2n) is 5.86. The highest BCUT2D eigenvalue weighted by molar-refractivity contribution is 5.67. The van der Waals surface area contributed by atoms with Crippen LogP contribution in [0.3, 0.4) is 0 Å². The van der Waals surface area contributed by atoms with Crippen LogP contribution in [0.5, 0.6) is 0 Å². The van der Waals surface area contributed by atoms with Gasteiger partial charge in [0.05, 0.1) is 0 Å². The lowest BCUT2D eigenvalue weighted by atomic mass is 9.78. The summed E-state index contributed by atoms with van der Waals surface area (Å²) in [5, 5.41) is 0. The fraction of sp³-hybridized carbons (Fsp3) is 0.611. The Morgan fingerprint density at radius 3 is 2.45 bits per heavy atom. The van der Waals surface area contributed by atoms with Gasteiger partial charge in [-0.05, 0) is 11.8 Å². The van der Waals surface area contributed by atoms with Gasteiger partial charge in [0, 0.05) is 26.2 Å². The predicted octanol–water partition coefficient (Wildman–Crippen LogP) is 4.66. The van der Waals surface area contributed by atoms with Gasteiger partial charge in [-0.15, -0.1) is 13.2 Å². The molecule has 0 spiro atoms. The summed E-state index contributed by atoms with van der Waals surface area (Å²) >= 11 is 0. The van der Waals surface area contributed by atoms with Gasteiger partial charge in [0.15, 0.2) is 5.60 Å². The standard InChI is InChI=1S/C18H28O2/c1-7-10-11-12-14-18(13-8-2,20-16(4)19)15-17(5,6)9-3/h8-9H,2-3,7,10-11,13,15H2,1,4-6H3. The van der Waals surface area contributed by atoms with Crippen LogP contribution in [0.2, 0.25) is 0 Å². The van der Waals surface area contributed by atoms with E-state index in [4.69, 9.17) is 4.74 Å². The van der Waals surface area contributed by atoms with Gasteiger partial charge in [0.1, 0.15) is 0 Å². The molecule has 0 bridgehead atoms. The Morgan fingerprint density at radius 1 is 1.35 bits per heavy atom. The zero-order chi connectivity index (χ0) is 15.6. The topological polar surface area (TPSA) is 26.3 Å². The van der Waals surface area contributed by atoms with Crippen LogP contribution in [0, 0.1) is 17.3 Å². The molecule has 0 aliphatic heterocycles. The molecule has 0 heterocycles. The van der Waals surface area contributed by atoms with E-state index >= 15 is 0 Å². The van der Waals surface area contributed by atoms with E-state index in [2.05, 4.69) is 45.8 Å². The smallest absolute Gasteiger partial charge is 0.304 e. The quantitative estimate of drug-likeness (QED) is 0.279. The van der Waals surface area contributed by atoms with E-state index in [1.807, 2.05) is 6.08 Å². The Kier molecular flexibility index (Phi) is 7.99. The fourth-order valence-electron chi connectivity index (χ4n) is 2.08. The number of unbranched alkanes of at least 4 members (excludes halogenated alkanes) is 2. The van der Waals surface area contributed by atoms with E-state index in [0.717, 1.165) is 19.3 Å². The molecule has 0 aliphatic rings. The maximum atomic E-state index is 11.4. The fourth-order valence-corrected chi connectivity index (χ4v) is 2.08. The second kappa shape index (κ2) is 8.64. The molecule has 112 valence electrons. The van der Waals surface area contributed by atoms with E-state index < -0.39 is 5.60 Å². The van der Waals surface area contributed by atoms with E-state index in [0.29, 0.717) is 12.8 Å². The molecule has 0 saturated heterocycles. The van der Waals surface area contributed by atoms with Crippen LogP contribution >= 0.6 is 0 Å². The van der Waals surface area contributed by atoms with Gasteiger partial charge in [-0.25, -0.2) is 0 Å². The zero-order valence-electron chi connectivity index (χ0n) is 13.4. The largest absolute Gasteiger partial charge is 0.446 e. The van der Waals surface area contributed by atoms with Crippen molar-refractivity contribution in [3.05, 3.63) is 25.3 Å². The summed E-state index contributed by atoms with van der Waals surface area (Å²) in [6.45, 7) is 15.3. The van der Waals surface area contributed by atoms with Gasteiger partial charge >= 0.3 is 5.97 Å². The molecule has 1 unspecified atom stereocenters. The average molecular weight is 276 g/mol. The first kappa shape index (κ1) is 18.5. The Balaban J connectivity index is 5.31. The lowest BCUT2D eigenvalue weighted by Gasteiger charge is -2.33. The molecule has 0 aromatic rings. The lowest BCUT2D eigenvalue weighted by Crippen LogP contribution is -2.37. The highest BCUT2D eigenvalue weighted by atomic mass is 16.6. The molecule has 1 atom stereocenters. The van der Waals surface area contributed by atoms with Gasteiger partial charge in [0.25, 0.3) is 0 Å². The Bertz CT molecular complexity index is 395. The summed E-state index contributed by atoms with van der Waals surface area (Å²) in [7, 11) is 0. The summed E-state index contributed by atoms with van der Waals surface area (Å²) in [6.07, 6.45) is 7.78. The van der Waals surface area contributed by atoms with Crippen LogP contribution in [0.1, 0.15) is 59.8 Å². The van der Waals surface area contributed by atoms with Gasteiger partial charge in [-0.3, -0.25) is 4.79 Å². The SMILES string of the molecule is C=CCC(C#CCCCC)(CC(C)(C)C=C)OC(C)=O. The van der Waals surface area contributed by atoms with Gasteiger partial charge in [-0.2, -0.15) is 0 Å². The number of rotatable bonds is 8. The molecule has 2 heteroatoms. The minimum atomic E-state index is -0.793. The Morgan fingerprint density at radius 2 is 2.00 bits per heavy atom. The van der Waals surface area contributed by atoms with Crippen molar-refractivity contribution < 1.29 is 9.53 Å². The number of allylic oxidation sites excluding steroid dienone is 1. The summed E-state index contributed by atoms with van der Waals surface area (Å²) in [6, 6.07) is 0. The molecule has 20 heavy (non-hydrogen) atoms. The Hall–Kier alpha value is -1.49. The predicted molar refractivity (Wildman–Crippen MR) is 85.2 cm³/mol. The number of hydrogen-bond donors (Lipinski definition) is 0. The van der Waals surface area contributed by atoms with E-state index in [1.165, 1.54) is 6.92 Å². The third-order valence-corrected chi connectivity index (χ3v) is 3.08. The first-order chi connectivity index (χ1) is 9.31. The van der Waals surface area contributed by atoms with Crippen molar-refractivity contribution in [2.45, 2.75) is 65.4 Å². The van der Waals surface area contributed by atoms with Crippen LogP contribution < -0.4 is 0 Å². The minimum Gasteiger partial charge on any atom is -0.446 e. The molecule has 0 aliphatic carbocycles. The molecule has 0 aromatic heterocycles.